The lowest BCUT2D eigenvalue weighted by Crippen LogP contribution is -2.40. The lowest BCUT2D eigenvalue weighted by atomic mass is 9.98. The highest BCUT2D eigenvalue weighted by atomic mass is 79.9. The number of piperidine rings is 1. The molecule has 19 heavy (non-hydrogen) atoms. The summed E-state index contributed by atoms with van der Waals surface area (Å²) in [6.07, 6.45) is 3.20. The number of carboxylic acid groups (broad SMARTS) is 1. The summed E-state index contributed by atoms with van der Waals surface area (Å²) < 4.78 is 14.1. The van der Waals surface area contributed by atoms with Crippen LogP contribution in [0, 0.1) is 5.82 Å². The molecule has 0 aliphatic carbocycles. The molecular formula is C14H17BrFNO2. The van der Waals surface area contributed by atoms with Crippen LogP contribution in [0.4, 0.5) is 4.39 Å². The van der Waals surface area contributed by atoms with Gasteiger partial charge < -0.3 is 5.11 Å². The van der Waals surface area contributed by atoms with E-state index in [0.717, 1.165) is 35.8 Å². The van der Waals surface area contributed by atoms with Crippen molar-refractivity contribution in [2.75, 3.05) is 6.54 Å². The SMILES string of the molecule is O=C(O)CC1CCCCN1Cc1cc(F)ccc1Br. The van der Waals surface area contributed by atoms with E-state index in [1.807, 2.05) is 0 Å². The van der Waals surface area contributed by atoms with Gasteiger partial charge >= 0.3 is 5.97 Å². The fourth-order valence-corrected chi connectivity index (χ4v) is 2.96. The first kappa shape index (κ1) is 14.5. The molecule has 0 spiro atoms. The van der Waals surface area contributed by atoms with E-state index in [4.69, 9.17) is 5.11 Å². The lowest BCUT2D eigenvalue weighted by Gasteiger charge is -2.35. The van der Waals surface area contributed by atoms with E-state index in [2.05, 4.69) is 20.8 Å². The molecule has 0 radical (unpaired) electrons. The Bertz CT molecular complexity index is 467. The Morgan fingerprint density at radius 2 is 2.26 bits per heavy atom. The van der Waals surface area contributed by atoms with Gasteiger partial charge in [-0.2, -0.15) is 0 Å². The highest BCUT2D eigenvalue weighted by Crippen LogP contribution is 2.25. The fraction of sp³-hybridized carbons (Fsp3) is 0.500. The Kier molecular flexibility index (Phi) is 4.93. The molecule has 1 aromatic carbocycles. The number of nitrogens with zero attached hydrogens (tertiary/aromatic N) is 1. The average molecular weight is 330 g/mol. The molecule has 0 amide bonds. The van der Waals surface area contributed by atoms with Gasteiger partial charge in [0.25, 0.3) is 0 Å². The van der Waals surface area contributed by atoms with Crippen LogP contribution in [0.25, 0.3) is 0 Å². The van der Waals surface area contributed by atoms with E-state index in [1.54, 1.807) is 6.07 Å². The summed E-state index contributed by atoms with van der Waals surface area (Å²) in [7, 11) is 0. The molecule has 1 saturated heterocycles. The predicted molar refractivity (Wildman–Crippen MR) is 74.4 cm³/mol. The van der Waals surface area contributed by atoms with Crippen molar-refractivity contribution in [1.82, 2.24) is 4.90 Å². The van der Waals surface area contributed by atoms with Crippen LogP contribution in [0.3, 0.4) is 0 Å². The van der Waals surface area contributed by atoms with Crippen molar-refractivity contribution in [2.24, 2.45) is 0 Å². The lowest BCUT2D eigenvalue weighted by molar-refractivity contribution is -0.138. The van der Waals surface area contributed by atoms with Gasteiger partial charge in [0.1, 0.15) is 5.82 Å². The highest BCUT2D eigenvalue weighted by molar-refractivity contribution is 9.10. The standard InChI is InChI=1S/C14H17BrFNO2/c15-13-5-4-11(16)7-10(13)9-17-6-2-1-3-12(17)8-14(18)19/h4-5,7,12H,1-3,6,8-9H2,(H,18,19). The van der Waals surface area contributed by atoms with Gasteiger partial charge in [0.2, 0.25) is 0 Å². The number of likely N-dealkylation sites (tertiary alicyclic amines) is 1. The van der Waals surface area contributed by atoms with Crippen molar-refractivity contribution in [2.45, 2.75) is 38.3 Å². The summed E-state index contributed by atoms with van der Waals surface area (Å²) in [6.45, 7) is 1.47. The Morgan fingerprint density at radius 1 is 1.47 bits per heavy atom. The quantitative estimate of drug-likeness (QED) is 0.920. The first-order chi connectivity index (χ1) is 9.06. The van der Waals surface area contributed by atoms with Crippen LogP contribution in [-0.2, 0) is 11.3 Å². The number of aliphatic carboxylic acids is 1. The maximum atomic E-state index is 13.3. The first-order valence-electron chi connectivity index (χ1n) is 6.46. The molecule has 1 aliphatic heterocycles. The number of rotatable bonds is 4. The predicted octanol–water partition coefficient (Wildman–Crippen LogP) is 3.42. The number of carbonyl (C=O) groups is 1. The number of hydrogen-bond donors (Lipinski definition) is 1. The van der Waals surface area contributed by atoms with Crippen molar-refractivity contribution in [3.8, 4) is 0 Å². The molecule has 1 unspecified atom stereocenters. The van der Waals surface area contributed by atoms with Crippen LogP contribution in [0.2, 0.25) is 0 Å². The van der Waals surface area contributed by atoms with E-state index in [0.29, 0.717) is 6.54 Å². The molecule has 1 heterocycles. The smallest absolute Gasteiger partial charge is 0.304 e. The van der Waals surface area contributed by atoms with Crippen molar-refractivity contribution >= 4 is 21.9 Å². The largest absolute Gasteiger partial charge is 0.481 e. The molecule has 1 fully saturated rings. The molecule has 5 heteroatoms. The third-order valence-corrected chi connectivity index (χ3v) is 4.31. The highest BCUT2D eigenvalue weighted by Gasteiger charge is 2.25. The van der Waals surface area contributed by atoms with Gasteiger partial charge in [0.15, 0.2) is 0 Å². The zero-order chi connectivity index (χ0) is 13.8. The monoisotopic (exact) mass is 329 g/mol. The fourth-order valence-electron chi connectivity index (χ4n) is 2.58. The van der Waals surface area contributed by atoms with Crippen molar-refractivity contribution in [3.63, 3.8) is 0 Å². The topological polar surface area (TPSA) is 40.5 Å². The molecule has 3 nitrogen and oxygen atoms in total. The molecule has 104 valence electrons. The van der Waals surface area contributed by atoms with Crippen molar-refractivity contribution < 1.29 is 14.3 Å². The van der Waals surface area contributed by atoms with Gasteiger partial charge in [-0.25, -0.2) is 4.39 Å². The van der Waals surface area contributed by atoms with Gasteiger partial charge in [0, 0.05) is 17.1 Å². The number of carboxylic acids is 1. The molecule has 1 N–H and O–H groups in total. The van der Waals surface area contributed by atoms with E-state index in [-0.39, 0.29) is 18.3 Å². The van der Waals surface area contributed by atoms with Gasteiger partial charge in [-0.1, -0.05) is 22.4 Å². The van der Waals surface area contributed by atoms with Crippen LogP contribution < -0.4 is 0 Å². The first-order valence-corrected chi connectivity index (χ1v) is 7.25. The minimum Gasteiger partial charge on any atom is -0.481 e. The minimum atomic E-state index is -0.768. The summed E-state index contributed by atoms with van der Waals surface area (Å²) in [4.78, 5) is 13.0. The third kappa shape index (κ3) is 4.01. The molecule has 1 aliphatic rings. The molecule has 1 aromatic rings. The second kappa shape index (κ2) is 6.48. The Balaban J connectivity index is 2.10. The second-order valence-electron chi connectivity index (χ2n) is 4.95. The zero-order valence-electron chi connectivity index (χ0n) is 10.6. The van der Waals surface area contributed by atoms with E-state index in [9.17, 15) is 9.18 Å². The zero-order valence-corrected chi connectivity index (χ0v) is 12.2. The van der Waals surface area contributed by atoms with Gasteiger partial charge in [-0.15, -0.1) is 0 Å². The van der Waals surface area contributed by atoms with Crippen molar-refractivity contribution in [3.05, 3.63) is 34.1 Å². The van der Waals surface area contributed by atoms with E-state index >= 15 is 0 Å². The number of hydrogen-bond acceptors (Lipinski definition) is 2. The summed E-state index contributed by atoms with van der Waals surface area (Å²) in [5.74, 6) is -1.03. The molecular weight excluding hydrogens is 313 g/mol. The summed E-state index contributed by atoms with van der Waals surface area (Å²) in [6, 6.07) is 4.68. The van der Waals surface area contributed by atoms with Crippen LogP contribution in [0.15, 0.2) is 22.7 Å². The minimum absolute atomic E-state index is 0.0569. The van der Waals surface area contributed by atoms with E-state index in [1.165, 1.54) is 12.1 Å². The van der Waals surface area contributed by atoms with Gasteiger partial charge in [0.05, 0.1) is 6.42 Å². The average Bonchev–Trinajstić information content (AvgIpc) is 2.35. The van der Waals surface area contributed by atoms with Crippen LogP contribution in [0.5, 0.6) is 0 Å². The summed E-state index contributed by atoms with van der Waals surface area (Å²) in [5.41, 5.74) is 0.872. The number of benzene rings is 1. The van der Waals surface area contributed by atoms with E-state index < -0.39 is 5.97 Å². The third-order valence-electron chi connectivity index (χ3n) is 3.54. The normalized spacial score (nSPS) is 20.4. The number of halogens is 2. The maximum Gasteiger partial charge on any atom is 0.304 e. The van der Waals surface area contributed by atoms with Crippen molar-refractivity contribution in [1.29, 1.82) is 0 Å². The second-order valence-corrected chi connectivity index (χ2v) is 5.81. The van der Waals surface area contributed by atoms with Crippen LogP contribution in [0.1, 0.15) is 31.2 Å². The van der Waals surface area contributed by atoms with Gasteiger partial charge in [-0.3, -0.25) is 9.69 Å². The van der Waals surface area contributed by atoms with Gasteiger partial charge in [-0.05, 0) is 43.1 Å². The molecule has 1 atom stereocenters. The summed E-state index contributed by atoms with van der Waals surface area (Å²) in [5, 5.41) is 8.95. The molecule has 0 aromatic heterocycles. The Labute approximate surface area is 120 Å². The molecule has 0 bridgehead atoms. The Morgan fingerprint density at radius 3 is 3.00 bits per heavy atom. The van der Waals surface area contributed by atoms with Crippen LogP contribution in [-0.4, -0.2) is 28.6 Å². The van der Waals surface area contributed by atoms with Crippen LogP contribution >= 0.6 is 15.9 Å². The molecule has 2 rings (SSSR count). The summed E-state index contributed by atoms with van der Waals surface area (Å²) >= 11 is 3.42. The Hall–Kier alpha value is -0.940. The molecule has 0 saturated carbocycles. The maximum absolute atomic E-state index is 13.3.